The Morgan fingerprint density at radius 1 is 1.33 bits per heavy atom. The maximum atomic E-state index is 11.1. The summed E-state index contributed by atoms with van der Waals surface area (Å²) in [6.45, 7) is 0.358. The summed E-state index contributed by atoms with van der Waals surface area (Å²) in [5.41, 5.74) is 9.52. The van der Waals surface area contributed by atoms with Crippen molar-refractivity contribution in [3.05, 3.63) is 46.3 Å². The van der Waals surface area contributed by atoms with Gasteiger partial charge in [0.2, 0.25) is 0 Å². The molecule has 1 saturated carbocycles. The second kappa shape index (κ2) is 6.91. The summed E-state index contributed by atoms with van der Waals surface area (Å²) < 4.78 is 37.1. The molecule has 0 radical (unpaired) electrons. The van der Waals surface area contributed by atoms with Crippen LogP contribution in [0.4, 0.5) is 0 Å². The van der Waals surface area contributed by atoms with Crippen LogP contribution in [0.15, 0.2) is 35.4 Å². The van der Waals surface area contributed by atoms with Crippen molar-refractivity contribution in [2.45, 2.75) is 31.6 Å². The van der Waals surface area contributed by atoms with Crippen molar-refractivity contribution in [3.8, 4) is 0 Å². The minimum absolute atomic E-state index is 0.345. The van der Waals surface area contributed by atoms with Crippen LogP contribution in [0.25, 0.3) is 10.4 Å². The average molecular weight is 311 g/mol. The van der Waals surface area contributed by atoms with Gasteiger partial charge in [-0.15, -0.1) is 0 Å². The van der Waals surface area contributed by atoms with E-state index in [1.807, 2.05) is 30.3 Å². The molecule has 0 saturated heterocycles. The maximum Gasteiger partial charge on any atom is 0.265 e. The largest absolute Gasteiger partial charge is 0.373 e. The van der Waals surface area contributed by atoms with E-state index in [1.54, 1.807) is 0 Å². The van der Waals surface area contributed by atoms with Crippen LogP contribution in [-0.4, -0.2) is 30.9 Å². The van der Waals surface area contributed by atoms with E-state index >= 15 is 0 Å². The maximum absolute atomic E-state index is 11.1. The first-order chi connectivity index (χ1) is 9.99. The molecule has 1 fully saturated rings. The van der Waals surface area contributed by atoms with Gasteiger partial charge >= 0.3 is 0 Å². The molecular formula is C13H17N3O4S. The van der Waals surface area contributed by atoms with E-state index in [0.29, 0.717) is 19.4 Å². The van der Waals surface area contributed by atoms with Crippen molar-refractivity contribution in [2.75, 3.05) is 5.75 Å². The molecular weight excluding hydrogens is 294 g/mol. The Kier molecular flexibility index (Phi) is 5.19. The fourth-order valence-corrected chi connectivity index (χ4v) is 3.59. The summed E-state index contributed by atoms with van der Waals surface area (Å²) in [4.78, 5) is 2.74. The highest BCUT2D eigenvalue weighted by molar-refractivity contribution is 7.85. The number of ether oxygens (including phenoxy) is 1. The Morgan fingerprint density at radius 3 is 2.67 bits per heavy atom. The molecule has 3 unspecified atom stereocenters. The Balaban J connectivity index is 2.04. The number of azide groups is 1. The quantitative estimate of drug-likeness (QED) is 0.376. The highest BCUT2D eigenvalue weighted by atomic mass is 32.2. The Bertz CT molecular complexity index is 614. The van der Waals surface area contributed by atoms with Crippen molar-refractivity contribution in [1.82, 2.24) is 0 Å². The molecule has 1 N–H and O–H groups in total. The van der Waals surface area contributed by atoms with Gasteiger partial charge < -0.3 is 4.74 Å². The number of nitrogens with zero attached hydrogens (tertiary/aromatic N) is 3. The van der Waals surface area contributed by atoms with Crippen molar-refractivity contribution in [2.24, 2.45) is 11.0 Å². The molecule has 1 aromatic carbocycles. The van der Waals surface area contributed by atoms with Crippen LogP contribution in [0.2, 0.25) is 0 Å². The predicted molar refractivity (Wildman–Crippen MR) is 77.1 cm³/mol. The molecule has 114 valence electrons. The van der Waals surface area contributed by atoms with Gasteiger partial charge in [-0.25, -0.2) is 0 Å². The Hall–Kier alpha value is -1.60. The molecule has 8 heteroatoms. The van der Waals surface area contributed by atoms with Gasteiger partial charge in [-0.05, 0) is 23.9 Å². The standard InChI is InChI=1S/C13H17N3O4S/c14-16-15-12-6-7-13(11(12)9-21(17,18)19)20-8-10-4-2-1-3-5-10/h1-5,11-13H,6-9H2,(H,17,18,19). The van der Waals surface area contributed by atoms with Gasteiger partial charge in [-0.3, -0.25) is 4.55 Å². The molecule has 0 amide bonds. The van der Waals surface area contributed by atoms with E-state index < -0.39 is 27.8 Å². The summed E-state index contributed by atoms with van der Waals surface area (Å²) in [5.74, 6) is -0.963. The van der Waals surface area contributed by atoms with E-state index in [0.717, 1.165) is 5.56 Å². The predicted octanol–water partition coefficient (Wildman–Crippen LogP) is 2.55. The molecule has 0 heterocycles. The van der Waals surface area contributed by atoms with Crippen LogP contribution >= 0.6 is 0 Å². The second-order valence-electron chi connectivity index (χ2n) is 5.10. The Morgan fingerprint density at radius 2 is 2.05 bits per heavy atom. The van der Waals surface area contributed by atoms with Gasteiger partial charge in [0, 0.05) is 16.9 Å². The summed E-state index contributed by atoms with van der Waals surface area (Å²) in [5, 5.41) is 3.62. The number of hydrogen-bond acceptors (Lipinski definition) is 4. The van der Waals surface area contributed by atoms with E-state index in [4.69, 9.17) is 14.8 Å². The first kappa shape index (κ1) is 15.8. The van der Waals surface area contributed by atoms with Crippen molar-refractivity contribution < 1.29 is 17.7 Å². The fraction of sp³-hybridized carbons (Fsp3) is 0.538. The van der Waals surface area contributed by atoms with Crippen LogP contribution in [0.1, 0.15) is 18.4 Å². The van der Waals surface area contributed by atoms with Crippen LogP contribution in [-0.2, 0) is 21.5 Å². The Labute approximate surface area is 123 Å². The van der Waals surface area contributed by atoms with E-state index in [2.05, 4.69) is 10.0 Å². The molecule has 0 spiro atoms. The van der Waals surface area contributed by atoms with E-state index in [9.17, 15) is 8.42 Å². The topological polar surface area (TPSA) is 112 Å². The fourth-order valence-electron chi connectivity index (χ4n) is 2.67. The zero-order valence-corrected chi connectivity index (χ0v) is 12.2. The first-order valence-corrected chi connectivity index (χ1v) is 8.25. The van der Waals surface area contributed by atoms with Gasteiger partial charge in [0.05, 0.1) is 18.5 Å². The smallest absolute Gasteiger partial charge is 0.265 e. The lowest BCUT2D eigenvalue weighted by Crippen LogP contribution is -2.31. The summed E-state index contributed by atoms with van der Waals surface area (Å²) >= 11 is 0. The zero-order chi connectivity index (χ0) is 15.3. The molecule has 7 nitrogen and oxygen atoms in total. The second-order valence-corrected chi connectivity index (χ2v) is 6.59. The SMILES string of the molecule is [N-]=[N+]=NC1CCC(OCc2ccccc2)C1CS(=O)(=O)O. The molecule has 2 rings (SSSR count). The summed E-state index contributed by atoms with van der Waals surface area (Å²) in [7, 11) is -4.14. The highest BCUT2D eigenvalue weighted by Gasteiger charge is 2.38. The monoisotopic (exact) mass is 311 g/mol. The lowest BCUT2D eigenvalue weighted by molar-refractivity contribution is 0.0191. The lowest BCUT2D eigenvalue weighted by Gasteiger charge is -2.21. The number of rotatable bonds is 6. The lowest BCUT2D eigenvalue weighted by atomic mass is 10.1. The highest BCUT2D eigenvalue weighted by Crippen LogP contribution is 2.33. The molecule has 1 aliphatic carbocycles. The van der Waals surface area contributed by atoms with Crippen molar-refractivity contribution >= 4 is 10.1 Å². The summed E-state index contributed by atoms with van der Waals surface area (Å²) in [6, 6.07) is 9.06. The van der Waals surface area contributed by atoms with Gasteiger partial charge in [0.25, 0.3) is 10.1 Å². The van der Waals surface area contributed by atoms with Crippen molar-refractivity contribution in [3.63, 3.8) is 0 Å². The van der Waals surface area contributed by atoms with Crippen molar-refractivity contribution in [1.29, 1.82) is 0 Å². The molecule has 21 heavy (non-hydrogen) atoms. The third-order valence-electron chi connectivity index (χ3n) is 3.63. The zero-order valence-electron chi connectivity index (χ0n) is 11.4. The van der Waals surface area contributed by atoms with Crippen LogP contribution < -0.4 is 0 Å². The third-order valence-corrected chi connectivity index (χ3v) is 4.43. The van der Waals surface area contributed by atoms with E-state index in [1.165, 1.54) is 0 Å². The van der Waals surface area contributed by atoms with Crippen LogP contribution in [0, 0.1) is 5.92 Å². The molecule has 0 bridgehead atoms. The van der Waals surface area contributed by atoms with Gasteiger partial charge in [-0.2, -0.15) is 8.42 Å². The van der Waals surface area contributed by atoms with Gasteiger partial charge in [0.1, 0.15) is 0 Å². The molecule has 0 aliphatic heterocycles. The molecule has 0 aromatic heterocycles. The van der Waals surface area contributed by atoms with Crippen LogP contribution in [0.3, 0.4) is 0 Å². The van der Waals surface area contributed by atoms with Gasteiger partial charge in [0.15, 0.2) is 0 Å². The molecule has 1 aliphatic rings. The van der Waals surface area contributed by atoms with Gasteiger partial charge in [-0.1, -0.05) is 35.4 Å². The third kappa shape index (κ3) is 4.71. The summed E-state index contributed by atoms with van der Waals surface area (Å²) in [6.07, 6.45) is 0.822. The van der Waals surface area contributed by atoms with Crippen LogP contribution in [0.5, 0.6) is 0 Å². The molecule has 1 aromatic rings. The van der Waals surface area contributed by atoms with E-state index in [-0.39, 0.29) is 6.10 Å². The first-order valence-electron chi connectivity index (χ1n) is 6.64. The normalized spacial score (nSPS) is 25.5. The minimum Gasteiger partial charge on any atom is -0.373 e. The number of hydrogen-bond donors (Lipinski definition) is 1. The average Bonchev–Trinajstić information content (AvgIpc) is 2.79. The molecule has 3 atom stereocenters. The minimum atomic E-state index is -4.14. The number of benzene rings is 1.